The zero-order valence-corrected chi connectivity index (χ0v) is 12.5. The van der Waals surface area contributed by atoms with Crippen molar-refractivity contribution in [2.45, 2.75) is 45.6 Å². The van der Waals surface area contributed by atoms with Crippen LogP contribution in [0.3, 0.4) is 0 Å². The lowest BCUT2D eigenvalue weighted by Crippen LogP contribution is -2.46. The standard InChI is InChI=1S/C13H19N3O3S/c1-8-9(2)20-12(14-8)15-13(19)16-7-5-3-4-6-10(16)11(17)18/h10H,3-7H2,1-2H3,(H,17,18)(H,14,15,19). The summed E-state index contributed by atoms with van der Waals surface area (Å²) in [6.45, 7) is 4.30. The molecule has 2 amide bonds. The van der Waals surface area contributed by atoms with Gasteiger partial charge in [0, 0.05) is 11.4 Å². The Morgan fingerprint density at radius 2 is 2.10 bits per heavy atom. The molecule has 0 aromatic carbocycles. The highest BCUT2D eigenvalue weighted by molar-refractivity contribution is 7.15. The molecule has 2 rings (SSSR count). The molecule has 0 saturated carbocycles. The van der Waals surface area contributed by atoms with Crippen LogP contribution in [0.15, 0.2) is 0 Å². The van der Waals surface area contributed by atoms with E-state index in [1.807, 2.05) is 13.8 Å². The van der Waals surface area contributed by atoms with Gasteiger partial charge in [0.2, 0.25) is 0 Å². The second-order valence-corrected chi connectivity index (χ2v) is 6.19. The first-order chi connectivity index (χ1) is 9.49. The number of likely N-dealkylation sites (tertiary alicyclic amines) is 1. The van der Waals surface area contributed by atoms with E-state index in [0.717, 1.165) is 29.8 Å². The number of nitrogens with one attached hydrogen (secondary N) is 1. The number of aryl methyl sites for hydroxylation is 2. The predicted octanol–water partition coefficient (Wildman–Crippen LogP) is 2.62. The number of carbonyl (C=O) groups excluding carboxylic acids is 1. The monoisotopic (exact) mass is 297 g/mol. The fourth-order valence-corrected chi connectivity index (χ4v) is 3.10. The minimum atomic E-state index is -0.937. The van der Waals surface area contributed by atoms with E-state index in [-0.39, 0.29) is 6.03 Å². The molecule has 0 aliphatic carbocycles. The number of aromatic nitrogens is 1. The van der Waals surface area contributed by atoms with Crippen LogP contribution >= 0.6 is 11.3 Å². The molecule has 1 saturated heterocycles. The van der Waals surface area contributed by atoms with Gasteiger partial charge in [-0.05, 0) is 26.7 Å². The second kappa shape index (κ2) is 6.21. The minimum Gasteiger partial charge on any atom is -0.480 e. The van der Waals surface area contributed by atoms with Crippen molar-refractivity contribution in [3.8, 4) is 0 Å². The Balaban J connectivity index is 2.10. The normalized spacial score (nSPS) is 19.5. The summed E-state index contributed by atoms with van der Waals surface area (Å²) in [6.07, 6.45) is 3.16. The number of amides is 2. The van der Waals surface area contributed by atoms with Crippen molar-refractivity contribution in [1.29, 1.82) is 0 Å². The SMILES string of the molecule is Cc1nc(NC(=O)N2CCCCCC2C(=O)O)sc1C. The minimum absolute atomic E-state index is 0.368. The van der Waals surface area contributed by atoms with E-state index >= 15 is 0 Å². The van der Waals surface area contributed by atoms with Crippen LogP contribution in [0.1, 0.15) is 36.3 Å². The summed E-state index contributed by atoms with van der Waals surface area (Å²) in [5.74, 6) is -0.937. The quantitative estimate of drug-likeness (QED) is 0.879. The van der Waals surface area contributed by atoms with Gasteiger partial charge in [0.15, 0.2) is 5.13 Å². The Hall–Kier alpha value is -1.63. The Bertz CT molecular complexity index is 495. The highest BCUT2D eigenvalue weighted by Crippen LogP contribution is 2.23. The molecule has 7 heteroatoms. The summed E-state index contributed by atoms with van der Waals surface area (Å²) in [4.78, 5) is 30.3. The second-order valence-electron chi connectivity index (χ2n) is 4.99. The third-order valence-electron chi connectivity index (χ3n) is 3.54. The number of thiazole rings is 1. The van der Waals surface area contributed by atoms with Gasteiger partial charge >= 0.3 is 12.0 Å². The van der Waals surface area contributed by atoms with Gasteiger partial charge in [-0.1, -0.05) is 12.8 Å². The van der Waals surface area contributed by atoms with E-state index in [9.17, 15) is 14.7 Å². The number of nitrogens with zero attached hydrogens (tertiary/aromatic N) is 2. The largest absolute Gasteiger partial charge is 0.480 e. The number of urea groups is 1. The van der Waals surface area contributed by atoms with E-state index in [1.54, 1.807) is 0 Å². The highest BCUT2D eigenvalue weighted by Gasteiger charge is 2.31. The van der Waals surface area contributed by atoms with Gasteiger partial charge in [-0.2, -0.15) is 0 Å². The number of carbonyl (C=O) groups is 2. The van der Waals surface area contributed by atoms with Gasteiger partial charge in [0.1, 0.15) is 6.04 Å². The molecule has 1 fully saturated rings. The number of hydrogen-bond donors (Lipinski definition) is 2. The van der Waals surface area contributed by atoms with E-state index in [4.69, 9.17) is 0 Å². The Labute approximate surface area is 121 Å². The van der Waals surface area contributed by atoms with Crippen molar-refractivity contribution in [2.24, 2.45) is 0 Å². The summed E-state index contributed by atoms with van der Waals surface area (Å²) >= 11 is 1.40. The van der Waals surface area contributed by atoms with Crippen LogP contribution in [0.25, 0.3) is 0 Å². The predicted molar refractivity (Wildman–Crippen MR) is 77.2 cm³/mol. The van der Waals surface area contributed by atoms with Gasteiger partial charge in [0.05, 0.1) is 5.69 Å². The molecule has 1 aromatic rings. The third kappa shape index (κ3) is 3.27. The lowest BCUT2D eigenvalue weighted by atomic mass is 10.1. The molecule has 1 atom stereocenters. The van der Waals surface area contributed by atoms with Gasteiger partial charge in [-0.3, -0.25) is 5.32 Å². The Morgan fingerprint density at radius 3 is 2.70 bits per heavy atom. The molecule has 0 spiro atoms. The van der Waals surface area contributed by atoms with Crippen LogP contribution in [-0.4, -0.2) is 39.6 Å². The zero-order valence-electron chi connectivity index (χ0n) is 11.7. The van der Waals surface area contributed by atoms with Crippen LogP contribution in [0, 0.1) is 13.8 Å². The highest BCUT2D eigenvalue weighted by atomic mass is 32.1. The maximum absolute atomic E-state index is 12.3. The molecular weight excluding hydrogens is 278 g/mol. The molecule has 2 N–H and O–H groups in total. The first-order valence-corrected chi connectivity index (χ1v) is 7.55. The van der Waals surface area contributed by atoms with Crippen LogP contribution in [0.5, 0.6) is 0 Å². The maximum Gasteiger partial charge on any atom is 0.326 e. The van der Waals surface area contributed by atoms with E-state index in [2.05, 4.69) is 10.3 Å². The molecule has 20 heavy (non-hydrogen) atoms. The van der Waals surface area contributed by atoms with E-state index < -0.39 is 12.0 Å². The van der Waals surface area contributed by atoms with Gasteiger partial charge in [0.25, 0.3) is 0 Å². The van der Waals surface area contributed by atoms with Gasteiger partial charge in [-0.15, -0.1) is 11.3 Å². The molecule has 1 aliphatic heterocycles. The molecular formula is C13H19N3O3S. The van der Waals surface area contributed by atoms with Crippen LogP contribution in [0.2, 0.25) is 0 Å². The lowest BCUT2D eigenvalue weighted by Gasteiger charge is -2.26. The topological polar surface area (TPSA) is 82.5 Å². The Morgan fingerprint density at radius 1 is 1.35 bits per heavy atom. The fourth-order valence-electron chi connectivity index (χ4n) is 2.30. The number of aliphatic carboxylic acids is 1. The van der Waals surface area contributed by atoms with E-state index in [1.165, 1.54) is 16.2 Å². The average molecular weight is 297 g/mol. The van der Waals surface area contributed by atoms with Crippen molar-refractivity contribution in [1.82, 2.24) is 9.88 Å². The molecule has 1 aromatic heterocycles. The first kappa shape index (κ1) is 14.8. The summed E-state index contributed by atoms with van der Waals surface area (Å²) in [5.41, 5.74) is 0.885. The number of hydrogen-bond acceptors (Lipinski definition) is 4. The number of anilines is 1. The molecule has 0 radical (unpaired) electrons. The third-order valence-corrected chi connectivity index (χ3v) is 4.53. The van der Waals surface area contributed by atoms with Crippen LogP contribution in [-0.2, 0) is 4.79 Å². The van der Waals surface area contributed by atoms with Crippen LogP contribution in [0.4, 0.5) is 9.93 Å². The summed E-state index contributed by atoms with van der Waals surface area (Å²) < 4.78 is 0. The van der Waals surface area contributed by atoms with Gasteiger partial charge < -0.3 is 10.0 Å². The van der Waals surface area contributed by atoms with Crippen molar-refractivity contribution in [3.63, 3.8) is 0 Å². The van der Waals surface area contributed by atoms with Crippen molar-refractivity contribution in [3.05, 3.63) is 10.6 Å². The van der Waals surface area contributed by atoms with Crippen molar-refractivity contribution in [2.75, 3.05) is 11.9 Å². The number of rotatable bonds is 2. The van der Waals surface area contributed by atoms with Gasteiger partial charge in [-0.25, -0.2) is 14.6 Å². The lowest BCUT2D eigenvalue weighted by molar-refractivity contribution is -0.142. The first-order valence-electron chi connectivity index (χ1n) is 6.73. The summed E-state index contributed by atoms with van der Waals surface area (Å²) in [6, 6.07) is -1.10. The maximum atomic E-state index is 12.3. The summed E-state index contributed by atoms with van der Waals surface area (Å²) in [5, 5.41) is 12.5. The molecule has 110 valence electrons. The molecule has 0 bridgehead atoms. The van der Waals surface area contributed by atoms with Crippen molar-refractivity contribution < 1.29 is 14.7 Å². The van der Waals surface area contributed by atoms with E-state index in [0.29, 0.717) is 18.1 Å². The number of carboxylic acids is 1. The van der Waals surface area contributed by atoms with Crippen LogP contribution < -0.4 is 5.32 Å². The van der Waals surface area contributed by atoms with Crippen molar-refractivity contribution >= 4 is 28.5 Å². The molecule has 6 nitrogen and oxygen atoms in total. The molecule has 1 aliphatic rings. The smallest absolute Gasteiger partial charge is 0.326 e. The molecule has 1 unspecified atom stereocenters. The fraction of sp³-hybridized carbons (Fsp3) is 0.615. The average Bonchev–Trinajstić information content (AvgIpc) is 2.60. The molecule has 2 heterocycles. The summed E-state index contributed by atoms with van der Waals surface area (Å²) in [7, 11) is 0. The zero-order chi connectivity index (χ0) is 14.7. The number of carboxylic acid groups (broad SMARTS) is 1. The Kier molecular flexibility index (Phi) is 4.59.